The third-order valence-corrected chi connectivity index (χ3v) is 5.64. The van der Waals surface area contributed by atoms with Crippen molar-refractivity contribution >= 4 is 11.7 Å². The lowest BCUT2D eigenvalue weighted by atomic mass is 9.89. The van der Waals surface area contributed by atoms with Gasteiger partial charge < -0.3 is 5.32 Å². The molecule has 30 heavy (non-hydrogen) atoms. The Morgan fingerprint density at radius 3 is 2.37 bits per heavy atom. The Morgan fingerprint density at radius 1 is 0.933 bits per heavy atom. The number of allylic oxidation sites excluding steroid dienone is 2. The largest absolute Gasteiger partial charge is 0.354 e. The normalized spacial score (nSPS) is 12.2. The second-order valence-electron chi connectivity index (χ2n) is 8.29. The fourth-order valence-electron chi connectivity index (χ4n) is 3.71. The van der Waals surface area contributed by atoms with Gasteiger partial charge in [0.1, 0.15) is 5.78 Å². The van der Waals surface area contributed by atoms with Crippen molar-refractivity contribution in [1.29, 1.82) is 0 Å². The van der Waals surface area contributed by atoms with Crippen LogP contribution in [0.25, 0.3) is 0 Å². The Morgan fingerprint density at radius 2 is 1.63 bits per heavy atom. The molecule has 0 heterocycles. The minimum atomic E-state index is 0.0315. The van der Waals surface area contributed by atoms with Gasteiger partial charge in [-0.1, -0.05) is 94.4 Å². The zero-order chi connectivity index (χ0) is 21.9. The summed E-state index contributed by atoms with van der Waals surface area (Å²) in [5, 5.41) is 2.42. The second kappa shape index (κ2) is 17.9. The highest BCUT2D eigenvalue weighted by Crippen LogP contribution is 2.19. The molecular formula is C27H42NO2. The highest BCUT2D eigenvalue weighted by Gasteiger charge is 2.17. The maximum Gasteiger partial charge on any atom is 0.220 e. The quantitative estimate of drug-likeness (QED) is 0.209. The topological polar surface area (TPSA) is 46.2 Å². The molecule has 1 atom stereocenters. The lowest BCUT2D eigenvalue weighted by Crippen LogP contribution is -2.16. The molecule has 1 rings (SSSR count). The van der Waals surface area contributed by atoms with E-state index >= 15 is 0 Å². The van der Waals surface area contributed by atoms with Crippen molar-refractivity contribution in [3.8, 4) is 0 Å². The predicted molar refractivity (Wildman–Crippen MR) is 127 cm³/mol. The van der Waals surface area contributed by atoms with Gasteiger partial charge in [-0.25, -0.2) is 0 Å². The number of nitrogens with one attached hydrogen (secondary N) is 1. The van der Waals surface area contributed by atoms with Gasteiger partial charge in [0.2, 0.25) is 5.91 Å². The van der Waals surface area contributed by atoms with E-state index in [1.807, 2.05) is 30.3 Å². The van der Waals surface area contributed by atoms with Crippen LogP contribution in [0.5, 0.6) is 0 Å². The summed E-state index contributed by atoms with van der Waals surface area (Å²) in [5.74, 6) is 0.565. The van der Waals surface area contributed by atoms with Crippen molar-refractivity contribution in [2.24, 2.45) is 5.92 Å². The molecule has 167 valence electrons. The maximum absolute atomic E-state index is 12.8. The van der Waals surface area contributed by atoms with Crippen molar-refractivity contribution < 1.29 is 9.59 Å². The van der Waals surface area contributed by atoms with Gasteiger partial charge >= 0.3 is 0 Å². The summed E-state index contributed by atoms with van der Waals surface area (Å²) >= 11 is 0. The van der Waals surface area contributed by atoms with Crippen molar-refractivity contribution in [3.05, 3.63) is 55.1 Å². The van der Waals surface area contributed by atoms with E-state index in [1.54, 1.807) is 0 Å². The molecule has 0 aliphatic rings. The van der Waals surface area contributed by atoms with Crippen LogP contribution in [0, 0.1) is 13.0 Å². The first-order valence-electron chi connectivity index (χ1n) is 11.9. The predicted octanol–water partition coefficient (Wildman–Crippen LogP) is 6.97. The second-order valence-corrected chi connectivity index (χ2v) is 8.29. The van der Waals surface area contributed by atoms with Crippen LogP contribution >= 0.6 is 0 Å². The van der Waals surface area contributed by atoms with Crippen LogP contribution in [-0.2, 0) is 16.0 Å². The van der Waals surface area contributed by atoms with Gasteiger partial charge in [0.25, 0.3) is 0 Å². The number of hydrogen-bond donors (Lipinski definition) is 1. The molecule has 0 spiro atoms. The number of carbonyl (C=O) groups is 2. The van der Waals surface area contributed by atoms with Crippen molar-refractivity contribution in [3.63, 3.8) is 0 Å². The van der Waals surface area contributed by atoms with Crippen LogP contribution in [0.2, 0.25) is 0 Å². The molecule has 1 unspecified atom stereocenters. The Labute approximate surface area is 184 Å². The van der Waals surface area contributed by atoms with E-state index in [4.69, 9.17) is 0 Å². The summed E-state index contributed by atoms with van der Waals surface area (Å²) in [6.45, 7) is 2.22. The average Bonchev–Trinajstić information content (AvgIpc) is 2.76. The molecule has 3 nitrogen and oxygen atoms in total. The number of amides is 1. The Kier molecular flexibility index (Phi) is 15.6. The molecule has 0 aliphatic heterocycles. The lowest BCUT2D eigenvalue weighted by Gasteiger charge is -2.14. The van der Waals surface area contributed by atoms with Gasteiger partial charge in [-0.2, -0.15) is 0 Å². The molecule has 1 aromatic rings. The first kappa shape index (κ1) is 26.1. The monoisotopic (exact) mass is 412 g/mol. The fraction of sp³-hybridized carbons (Fsp3) is 0.593. The molecule has 1 amide bonds. The molecule has 3 heteroatoms. The number of ketones is 1. The number of benzene rings is 1. The molecule has 0 saturated carbocycles. The standard InChI is InChI=1S/C27H42NO2/c1-3-4-5-15-20-25(26(29)23-24-18-13-12-14-19-24)21-16-10-8-6-7-9-11-17-22-27(30)28-2/h10,12-14,16,18-19,25H,2-9,11,15,17,20-23H2,1H3,(H,28,30). The lowest BCUT2D eigenvalue weighted by molar-refractivity contribution is -0.122. The maximum atomic E-state index is 12.8. The molecule has 1 aromatic carbocycles. The van der Waals surface area contributed by atoms with Gasteiger partial charge in [-0.15, -0.1) is 0 Å². The van der Waals surface area contributed by atoms with E-state index in [0.29, 0.717) is 18.6 Å². The summed E-state index contributed by atoms with van der Waals surface area (Å²) in [6, 6.07) is 10.1. The van der Waals surface area contributed by atoms with Crippen molar-refractivity contribution in [1.82, 2.24) is 5.32 Å². The zero-order valence-electron chi connectivity index (χ0n) is 19.0. The van der Waals surface area contributed by atoms with Crippen LogP contribution in [0.1, 0.15) is 96.0 Å². The smallest absolute Gasteiger partial charge is 0.220 e. The third-order valence-electron chi connectivity index (χ3n) is 5.64. The van der Waals surface area contributed by atoms with Crippen LogP contribution in [0.4, 0.5) is 0 Å². The minimum Gasteiger partial charge on any atom is -0.354 e. The van der Waals surface area contributed by atoms with Gasteiger partial charge in [0, 0.05) is 25.8 Å². The van der Waals surface area contributed by atoms with Crippen molar-refractivity contribution in [2.45, 2.75) is 96.8 Å². The molecule has 0 aromatic heterocycles. The summed E-state index contributed by atoms with van der Waals surface area (Å²) < 4.78 is 0. The highest BCUT2D eigenvalue weighted by molar-refractivity contribution is 5.83. The number of rotatable bonds is 18. The number of carbonyl (C=O) groups excluding carboxylic acids is 2. The summed E-state index contributed by atoms with van der Waals surface area (Å²) in [4.78, 5) is 24.0. The average molecular weight is 413 g/mol. The number of unbranched alkanes of at least 4 members (excludes halogenated alkanes) is 8. The first-order chi connectivity index (χ1) is 14.7. The van der Waals surface area contributed by atoms with Gasteiger partial charge in [-0.05, 0) is 37.7 Å². The summed E-state index contributed by atoms with van der Waals surface area (Å²) in [6.07, 6.45) is 19.0. The summed E-state index contributed by atoms with van der Waals surface area (Å²) in [7, 11) is 3.38. The highest BCUT2D eigenvalue weighted by atomic mass is 16.1. The van der Waals surface area contributed by atoms with Gasteiger partial charge in [0.05, 0.1) is 0 Å². The summed E-state index contributed by atoms with van der Waals surface area (Å²) in [5.41, 5.74) is 1.12. The molecule has 0 fully saturated rings. The van der Waals surface area contributed by atoms with E-state index in [2.05, 4.69) is 31.4 Å². The zero-order valence-corrected chi connectivity index (χ0v) is 19.0. The van der Waals surface area contributed by atoms with Crippen LogP contribution < -0.4 is 5.32 Å². The number of hydrogen-bond acceptors (Lipinski definition) is 2. The SMILES string of the molecule is [CH2]NC(=O)CCCCCCCC=CCC(CCCCCC)C(=O)Cc1ccccc1. The fourth-order valence-corrected chi connectivity index (χ4v) is 3.71. The van der Waals surface area contributed by atoms with Crippen LogP contribution in [0.15, 0.2) is 42.5 Å². The molecular weight excluding hydrogens is 370 g/mol. The molecule has 0 bridgehead atoms. The van der Waals surface area contributed by atoms with E-state index in [0.717, 1.165) is 44.1 Å². The van der Waals surface area contributed by atoms with E-state index in [-0.39, 0.29) is 11.8 Å². The Bertz CT molecular complexity index is 594. The Hall–Kier alpha value is -1.90. The molecule has 1 N–H and O–H groups in total. The van der Waals surface area contributed by atoms with Gasteiger partial charge in [-0.3, -0.25) is 9.59 Å². The van der Waals surface area contributed by atoms with E-state index in [9.17, 15) is 9.59 Å². The van der Waals surface area contributed by atoms with Crippen LogP contribution in [-0.4, -0.2) is 11.7 Å². The molecule has 0 aliphatic carbocycles. The number of Topliss-reactive ketones (excluding diaryl/α,β-unsaturated/α-hetero) is 1. The first-order valence-corrected chi connectivity index (χ1v) is 11.9. The van der Waals surface area contributed by atoms with Crippen LogP contribution in [0.3, 0.4) is 0 Å². The third kappa shape index (κ3) is 13.3. The molecule has 0 saturated heterocycles. The van der Waals surface area contributed by atoms with E-state index in [1.165, 1.54) is 38.5 Å². The van der Waals surface area contributed by atoms with E-state index < -0.39 is 0 Å². The van der Waals surface area contributed by atoms with Gasteiger partial charge in [0.15, 0.2) is 0 Å². The Balaban J connectivity index is 2.28. The van der Waals surface area contributed by atoms with Crippen molar-refractivity contribution in [2.75, 3.05) is 0 Å². The molecule has 1 radical (unpaired) electrons. The minimum absolute atomic E-state index is 0.0315.